The van der Waals surface area contributed by atoms with E-state index in [4.69, 9.17) is 4.74 Å². The van der Waals surface area contributed by atoms with Crippen molar-refractivity contribution in [1.82, 2.24) is 24.6 Å². The second-order valence-corrected chi connectivity index (χ2v) is 9.60. The number of aromatic nitrogens is 4. The standard InChI is InChI=1S/C24H27N7O6/c1-13-26-20-15(22(35)31(13)17-8-9-18(32)29-21(17)34)6-5-7-16(20)28-19(33)12-30-11-14(10-25-30)27-23(36)37-24(2,3)4/h5-7,10-11,17H,8-9,12H2,1-4H3,(H,27,36)(H,28,33)(H,29,32,34). The summed E-state index contributed by atoms with van der Waals surface area (Å²) in [5.74, 6) is -1.09. The lowest BCUT2D eigenvalue weighted by Crippen LogP contribution is -2.45. The first-order chi connectivity index (χ1) is 17.4. The third-order valence-electron chi connectivity index (χ3n) is 5.49. The van der Waals surface area contributed by atoms with Crippen LogP contribution in [0, 0.1) is 6.92 Å². The summed E-state index contributed by atoms with van der Waals surface area (Å²) in [6, 6.07) is 3.93. The maximum absolute atomic E-state index is 13.3. The van der Waals surface area contributed by atoms with E-state index in [-0.39, 0.29) is 42.0 Å². The molecule has 4 amide bonds. The molecule has 1 fully saturated rings. The number of benzene rings is 1. The van der Waals surface area contributed by atoms with Gasteiger partial charge in [0.05, 0.1) is 23.0 Å². The minimum Gasteiger partial charge on any atom is -0.444 e. The van der Waals surface area contributed by atoms with Gasteiger partial charge in [-0.15, -0.1) is 0 Å². The zero-order chi connectivity index (χ0) is 26.9. The number of rotatable bonds is 5. The third-order valence-corrected chi connectivity index (χ3v) is 5.49. The molecule has 194 valence electrons. The molecule has 3 aromatic rings. The predicted octanol–water partition coefficient (Wildman–Crippen LogP) is 1.86. The van der Waals surface area contributed by atoms with Crippen molar-refractivity contribution in [2.45, 2.75) is 58.7 Å². The number of amides is 4. The molecule has 0 saturated carbocycles. The molecule has 1 aliphatic heterocycles. The SMILES string of the molecule is Cc1nc2c(NC(=O)Cn3cc(NC(=O)OC(C)(C)C)cn3)cccc2c(=O)n1C1CCC(=O)NC1=O. The molecule has 4 rings (SSSR count). The molecule has 2 aromatic heterocycles. The first-order valence-corrected chi connectivity index (χ1v) is 11.6. The topological polar surface area (TPSA) is 166 Å². The number of piperidine rings is 1. The van der Waals surface area contributed by atoms with Crippen LogP contribution in [-0.4, -0.2) is 48.7 Å². The molecule has 3 heterocycles. The average Bonchev–Trinajstić information content (AvgIpc) is 3.20. The van der Waals surface area contributed by atoms with Crippen LogP contribution in [0.4, 0.5) is 16.2 Å². The minimum atomic E-state index is -0.844. The molecule has 0 radical (unpaired) electrons. The van der Waals surface area contributed by atoms with Crippen molar-refractivity contribution in [1.29, 1.82) is 0 Å². The number of carbonyl (C=O) groups is 4. The van der Waals surface area contributed by atoms with E-state index < -0.39 is 35.1 Å². The maximum atomic E-state index is 13.3. The second-order valence-electron chi connectivity index (χ2n) is 9.60. The van der Waals surface area contributed by atoms with Gasteiger partial charge in [-0.2, -0.15) is 5.10 Å². The van der Waals surface area contributed by atoms with Gasteiger partial charge in [0.2, 0.25) is 17.7 Å². The van der Waals surface area contributed by atoms with Gasteiger partial charge in [0.15, 0.2) is 0 Å². The molecule has 1 aliphatic rings. The van der Waals surface area contributed by atoms with Crippen molar-refractivity contribution in [3.8, 4) is 0 Å². The highest BCUT2D eigenvalue weighted by atomic mass is 16.6. The highest BCUT2D eigenvalue weighted by Gasteiger charge is 2.30. The minimum absolute atomic E-state index is 0.124. The van der Waals surface area contributed by atoms with Gasteiger partial charge in [-0.05, 0) is 46.2 Å². The van der Waals surface area contributed by atoms with Crippen LogP contribution in [-0.2, 0) is 25.7 Å². The maximum Gasteiger partial charge on any atom is 0.412 e. The Hall–Kier alpha value is -4.55. The van der Waals surface area contributed by atoms with Crippen molar-refractivity contribution in [2.75, 3.05) is 10.6 Å². The lowest BCUT2D eigenvalue weighted by atomic mass is 10.1. The molecular weight excluding hydrogens is 482 g/mol. The highest BCUT2D eigenvalue weighted by Crippen LogP contribution is 2.23. The number of imide groups is 1. The Morgan fingerprint density at radius 3 is 2.65 bits per heavy atom. The fourth-order valence-corrected chi connectivity index (χ4v) is 4.00. The summed E-state index contributed by atoms with van der Waals surface area (Å²) in [5.41, 5.74) is -0.154. The van der Waals surface area contributed by atoms with Crippen LogP contribution in [0.3, 0.4) is 0 Å². The van der Waals surface area contributed by atoms with E-state index in [2.05, 4.69) is 26.0 Å². The van der Waals surface area contributed by atoms with E-state index in [1.54, 1.807) is 45.9 Å². The van der Waals surface area contributed by atoms with Gasteiger partial charge >= 0.3 is 6.09 Å². The van der Waals surface area contributed by atoms with Crippen LogP contribution in [0.25, 0.3) is 10.9 Å². The zero-order valence-corrected chi connectivity index (χ0v) is 20.8. The number of anilines is 2. The van der Waals surface area contributed by atoms with Crippen LogP contribution in [0.2, 0.25) is 0 Å². The first kappa shape index (κ1) is 25.5. The summed E-state index contributed by atoms with van der Waals surface area (Å²) in [7, 11) is 0. The van der Waals surface area contributed by atoms with E-state index in [0.717, 1.165) is 0 Å². The number of para-hydroxylation sites is 1. The smallest absolute Gasteiger partial charge is 0.412 e. The van der Waals surface area contributed by atoms with Crippen LogP contribution < -0.4 is 21.5 Å². The van der Waals surface area contributed by atoms with Crippen LogP contribution in [0.1, 0.15) is 45.5 Å². The van der Waals surface area contributed by atoms with Gasteiger partial charge in [0.1, 0.15) is 29.5 Å². The Labute approximate surface area is 211 Å². The molecule has 0 bridgehead atoms. The van der Waals surface area contributed by atoms with Gasteiger partial charge in [-0.1, -0.05) is 6.07 Å². The molecule has 1 aromatic carbocycles. The van der Waals surface area contributed by atoms with Gasteiger partial charge in [0.25, 0.3) is 5.56 Å². The van der Waals surface area contributed by atoms with Crippen LogP contribution in [0.5, 0.6) is 0 Å². The molecule has 0 spiro atoms. The van der Waals surface area contributed by atoms with Crippen molar-refractivity contribution in [3.63, 3.8) is 0 Å². The predicted molar refractivity (Wildman–Crippen MR) is 133 cm³/mol. The molecule has 13 heteroatoms. The number of hydrogen-bond acceptors (Lipinski definition) is 8. The van der Waals surface area contributed by atoms with Crippen molar-refractivity contribution in [2.24, 2.45) is 0 Å². The zero-order valence-electron chi connectivity index (χ0n) is 20.8. The first-order valence-electron chi connectivity index (χ1n) is 11.6. The van der Waals surface area contributed by atoms with E-state index in [9.17, 15) is 24.0 Å². The molecule has 13 nitrogen and oxygen atoms in total. The van der Waals surface area contributed by atoms with E-state index in [1.165, 1.54) is 21.6 Å². The Bertz CT molecular complexity index is 1470. The second kappa shape index (κ2) is 9.84. The number of hydrogen-bond donors (Lipinski definition) is 3. The molecule has 3 N–H and O–H groups in total. The Morgan fingerprint density at radius 2 is 1.95 bits per heavy atom. The lowest BCUT2D eigenvalue weighted by molar-refractivity contribution is -0.135. The summed E-state index contributed by atoms with van der Waals surface area (Å²) < 4.78 is 7.80. The van der Waals surface area contributed by atoms with Gasteiger partial charge in [-0.25, -0.2) is 9.78 Å². The van der Waals surface area contributed by atoms with Gasteiger partial charge < -0.3 is 10.1 Å². The lowest BCUT2D eigenvalue weighted by Gasteiger charge is -2.24. The van der Waals surface area contributed by atoms with E-state index >= 15 is 0 Å². The highest BCUT2D eigenvalue weighted by molar-refractivity contribution is 6.01. The van der Waals surface area contributed by atoms with Crippen molar-refractivity contribution < 1.29 is 23.9 Å². The van der Waals surface area contributed by atoms with E-state index in [1.807, 2.05) is 0 Å². The Kier molecular flexibility index (Phi) is 6.79. The average molecular weight is 510 g/mol. The molecule has 0 aliphatic carbocycles. The monoisotopic (exact) mass is 509 g/mol. The number of carbonyl (C=O) groups excluding carboxylic acids is 4. The summed E-state index contributed by atoms with van der Waals surface area (Å²) in [6.45, 7) is 6.65. The molecule has 1 unspecified atom stereocenters. The quantitative estimate of drug-likeness (QED) is 0.438. The van der Waals surface area contributed by atoms with Crippen LogP contribution >= 0.6 is 0 Å². The molecule has 1 saturated heterocycles. The van der Waals surface area contributed by atoms with Gasteiger partial charge in [0, 0.05) is 12.6 Å². The summed E-state index contributed by atoms with van der Waals surface area (Å²) in [6.07, 6.45) is 2.55. The number of aryl methyl sites for hydroxylation is 1. The largest absolute Gasteiger partial charge is 0.444 e. The Balaban J connectivity index is 1.51. The van der Waals surface area contributed by atoms with Crippen LogP contribution in [0.15, 0.2) is 35.4 Å². The van der Waals surface area contributed by atoms with Crippen molar-refractivity contribution >= 4 is 46.1 Å². The van der Waals surface area contributed by atoms with E-state index in [0.29, 0.717) is 11.4 Å². The number of nitrogens with zero attached hydrogens (tertiary/aromatic N) is 4. The molecule has 37 heavy (non-hydrogen) atoms. The molecular formula is C24H27N7O6. The summed E-state index contributed by atoms with van der Waals surface area (Å²) in [4.78, 5) is 66.2. The fourth-order valence-electron chi connectivity index (χ4n) is 4.00. The van der Waals surface area contributed by atoms with Gasteiger partial charge in [-0.3, -0.25) is 39.1 Å². The fraction of sp³-hybridized carbons (Fsp3) is 0.375. The summed E-state index contributed by atoms with van der Waals surface area (Å²) in [5, 5.41) is 11.8. The number of ether oxygens (including phenoxy) is 1. The van der Waals surface area contributed by atoms with Crippen molar-refractivity contribution in [3.05, 3.63) is 46.8 Å². The number of nitrogens with one attached hydrogen (secondary N) is 3. The summed E-state index contributed by atoms with van der Waals surface area (Å²) >= 11 is 0. The third kappa shape index (κ3) is 5.82. The Morgan fingerprint density at radius 1 is 1.19 bits per heavy atom. The normalized spacial score (nSPS) is 15.8. The molecule has 1 atom stereocenters. The number of fused-ring (bicyclic) bond motifs is 1.